The van der Waals surface area contributed by atoms with Crippen LogP contribution < -0.4 is 9.64 Å². The summed E-state index contributed by atoms with van der Waals surface area (Å²) in [6, 6.07) is 5.27. The number of rotatable bonds is 5. The highest BCUT2D eigenvalue weighted by Gasteiger charge is 2.33. The van der Waals surface area contributed by atoms with Crippen molar-refractivity contribution < 1.29 is 18.6 Å². The highest BCUT2D eigenvalue weighted by atomic mass is 19.1. The predicted octanol–water partition coefficient (Wildman–Crippen LogP) is 2.62. The van der Waals surface area contributed by atoms with E-state index in [4.69, 9.17) is 14.2 Å². The average Bonchev–Trinajstić information content (AvgIpc) is 2.97. The Morgan fingerprint density at radius 1 is 1.30 bits per heavy atom. The Labute approximate surface area is 135 Å². The molecule has 1 aromatic heterocycles. The molecule has 124 valence electrons. The Bertz CT molecular complexity index is 695. The molecule has 0 amide bonds. The number of ether oxygens (including phenoxy) is 3. The summed E-state index contributed by atoms with van der Waals surface area (Å²) in [5.74, 6) is -0.188. The quantitative estimate of drug-likeness (QED) is 0.847. The van der Waals surface area contributed by atoms with Crippen LogP contribution in [0.3, 0.4) is 0 Å². The minimum Gasteiger partial charge on any atom is -0.494 e. The van der Waals surface area contributed by atoms with E-state index in [9.17, 15) is 4.39 Å². The molecule has 3 rings (SSSR count). The Morgan fingerprint density at radius 2 is 2.13 bits per heavy atom. The minimum absolute atomic E-state index is 0.153. The Hall–Kier alpha value is -1.92. The van der Waals surface area contributed by atoms with Crippen molar-refractivity contribution in [3.8, 4) is 5.75 Å². The normalized spacial score (nSPS) is 21.1. The summed E-state index contributed by atoms with van der Waals surface area (Å²) in [4.78, 5) is 6.52. The maximum atomic E-state index is 13.9. The zero-order chi connectivity index (χ0) is 16.4. The summed E-state index contributed by atoms with van der Waals surface area (Å²) in [6.07, 6.45) is 2.75. The van der Waals surface area contributed by atoms with Crippen molar-refractivity contribution >= 4 is 16.6 Å². The number of nitrogens with zero attached hydrogens (tertiary/aromatic N) is 2. The largest absolute Gasteiger partial charge is 0.494 e. The number of methoxy groups -OCH3 is 3. The van der Waals surface area contributed by atoms with Gasteiger partial charge in [0.25, 0.3) is 0 Å². The van der Waals surface area contributed by atoms with E-state index < -0.39 is 5.82 Å². The number of pyridine rings is 1. The van der Waals surface area contributed by atoms with Crippen LogP contribution >= 0.6 is 0 Å². The van der Waals surface area contributed by atoms with E-state index in [0.29, 0.717) is 12.1 Å². The molecule has 0 N–H and O–H groups in total. The first-order valence-corrected chi connectivity index (χ1v) is 7.58. The molecule has 2 aromatic rings. The van der Waals surface area contributed by atoms with Crippen molar-refractivity contribution in [1.82, 2.24) is 4.98 Å². The number of halogens is 1. The first-order valence-electron chi connectivity index (χ1n) is 7.58. The number of fused-ring (bicyclic) bond motifs is 1. The summed E-state index contributed by atoms with van der Waals surface area (Å²) in [5, 5.41) is 0.864. The van der Waals surface area contributed by atoms with Crippen molar-refractivity contribution in [2.45, 2.75) is 18.6 Å². The highest BCUT2D eigenvalue weighted by molar-refractivity contribution is 5.93. The van der Waals surface area contributed by atoms with Gasteiger partial charge in [0.1, 0.15) is 0 Å². The maximum Gasteiger partial charge on any atom is 0.167 e. The van der Waals surface area contributed by atoms with Gasteiger partial charge in [0.2, 0.25) is 0 Å². The lowest BCUT2D eigenvalue weighted by molar-refractivity contribution is 0.111. The summed E-state index contributed by atoms with van der Waals surface area (Å²) in [5.41, 5.74) is 1.60. The fourth-order valence-electron chi connectivity index (χ4n) is 3.23. The Kier molecular flexibility index (Phi) is 4.63. The summed E-state index contributed by atoms with van der Waals surface area (Å²) in [6.45, 7) is 1.38. The maximum absolute atomic E-state index is 13.9. The molecule has 2 heterocycles. The topological polar surface area (TPSA) is 43.8 Å². The third kappa shape index (κ3) is 2.96. The monoisotopic (exact) mass is 320 g/mol. The smallest absolute Gasteiger partial charge is 0.167 e. The summed E-state index contributed by atoms with van der Waals surface area (Å²) < 4.78 is 29.9. The number of hydrogen-bond acceptors (Lipinski definition) is 5. The molecule has 5 nitrogen and oxygen atoms in total. The van der Waals surface area contributed by atoms with Gasteiger partial charge in [0.05, 0.1) is 31.4 Å². The molecule has 0 spiro atoms. The summed E-state index contributed by atoms with van der Waals surface area (Å²) >= 11 is 0. The average molecular weight is 320 g/mol. The van der Waals surface area contributed by atoms with Crippen LogP contribution in [0, 0.1) is 5.82 Å². The fraction of sp³-hybridized carbons (Fsp3) is 0.471. The molecule has 1 aromatic carbocycles. The Morgan fingerprint density at radius 3 is 2.83 bits per heavy atom. The lowest BCUT2D eigenvalue weighted by atomic mass is 10.1. The van der Waals surface area contributed by atoms with Crippen molar-refractivity contribution in [3.63, 3.8) is 0 Å². The van der Waals surface area contributed by atoms with Gasteiger partial charge in [-0.05, 0) is 18.6 Å². The predicted molar refractivity (Wildman–Crippen MR) is 86.7 cm³/mol. The molecule has 1 aliphatic heterocycles. The van der Waals surface area contributed by atoms with Crippen molar-refractivity contribution in [2.24, 2.45) is 0 Å². The second kappa shape index (κ2) is 6.68. The second-order valence-electron chi connectivity index (χ2n) is 5.69. The standard InChI is InChI=1S/C17H21FN2O3/c1-21-10-11-6-12(22-2)9-20(11)16-4-5-19-15-8-14(18)17(23-3)7-13(15)16/h4-5,7-8,11-12H,6,9-10H2,1-3H3/t11-,12+/m0/s1. The first kappa shape index (κ1) is 16.0. The number of hydrogen-bond donors (Lipinski definition) is 0. The van der Waals surface area contributed by atoms with Gasteiger partial charge in [-0.3, -0.25) is 4.98 Å². The lowest BCUT2D eigenvalue weighted by Gasteiger charge is -2.27. The zero-order valence-electron chi connectivity index (χ0n) is 13.6. The van der Waals surface area contributed by atoms with Crippen molar-refractivity contribution in [1.29, 1.82) is 0 Å². The van der Waals surface area contributed by atoms with Gasteiger partial charge in [-0.1, -0.05) is 0 Å². The van der Waals surface area contributed by atoms with Crippen LogP contribution in [0.15, 0.2) is 24.4 Å². The van der Waals surface area contributed by atoms with Gasteiger partial charge >= 0.3 is 0 Å². The van der Waals surface area contributed by atoms with Crippen LogP contribution in [0.1, 0.15) is 6.42 Å². The molecule has 1 aliphatic rings. The van der Waals surface area contributed by atoms with E-state index >= 15 is 0 Å². The van der Waals surface area contributed by atoms with Crippen molar-refractivity contribution in [3.05, 3.63) is 30.2 Å². The molecular weight excluding hydrogens is 299 g/mol. The van der Waals surface area contributed by atoms with Gasteiger partial charge in [0, 0.05) is 44.1 Å². The van der Waals surface area contributed by atoms with Crippen LogP contribution in [-0.4, -0.2) is 51.6 Å². The SMILES string of the molecule is COC[C@@H]1C[C@@H](OC)CN1c1ccnc2cc(F)c(OC)cc12. The van der Waals surface area contributed by atoms with Crippen LogP contribution in [0.4, 0.5) is 10.1 Å². The molecule has 23 heavy (non-hydrogen) atoms. The third-order valence-corrected chi connectivity index (χ3v) is 4.37. The van der Waals surface area contributed by atoms with E-state index in [0.717, 1.165) is 24.0 Å². The van der Waals surface area contributed by atoms with Gasteiger partial charge in [-0.2, -0.15) is 0 Å². The van der Waals surface area contributed by atoms with Crippen LogP contribution in [-0.2, 0) is 9.47 Å². The van der Waals surface area contributed by atoms with Crippen LogP contribution in [0.5, 0.6) is 5.75 Å². The van der Waals surface area contributed by atoms with Gasteiger partial charge < -0.3 is 19.1 Å². The van der Waals surface area contributed by atoms with E-state index in [1.165, 1.54) is 13.2 Å². The molecule has 1 saturated heterocycles. The first-order chi connectivity index (χ1) is 11.2. The fourth-order valence-corrected chi connectivity index (χ4v) is 3.23. The number of anilines is 1. The molecule has 2 atom stereocenters. The lowest BCUT2D eigenvalue weighted by Crippen LogP contribution is -2.33. The Balaban J connectivity index is 2.07. The zero-order valence-corrected chi connectivity index (χ0v) is 13.6. The van der Waals surface area contributed by atoms with Crippen molar-refractivity contribution in [2.75, 3.05) is 39.4 Å². The molecule has 1 fully saturated rings. The molecule has 0 radical (unpaired) electrons. The summed E-state index contributed by atoms with van der Waals surface area (Å²) in [7, 11) is 4.88. The molecule has 6 heteroatoms. The molecular formula is C17H21FN2O3. The highest BCUT2D eigenvalue weighted by Crippen LogP contribution is 2.35. The van der Waals surface area contributed by atoms with Gasteiger partial charge in [0.15, 0.2) is 11.6 Å². The molecule has 0 unspecified atom stereocenters. The number of benzene rings is 1. The third-order valence-electron chi connectivity index (χ3n) is 4.37. The van der Waals surface area contributed by atoms with Gasteiger partial charge in [-0.25, -0.2) is 4.39 Å². The van der Waals surface area contributed by atoms with Crippen LogP contribution in [0.25, 0.3) is 10.9 Å². The van der Waals surface area contributed by atoms with Gasteiger partial charge in [-0.15, -0.1) is 0 Å². The van der Waals surface area contributed by atoms with E-state index in [-0.39, 0.29) is 17.9 Å². The van der Waals surface area contributed by atoms with E-state index in [1.54, 1.807) is 26.5 Å². The van der Waals surface area contributed by atoms with Crippen LogP contribution in [0.2, 0.25) is 0 Å². The minimum atomic E-state index is -0.408. The molecule has 0 bridgehead atoms. The second-order valence-corrected chi connectivity index (χ2v) is 5.69. The number of aromatic nitrogens is 1. The molecule has 0 saturated carbocycles. The van der Waals surface area contributed by atoms with E-state index in [1.807, 2.05) is 6.07 Å². The van der Waals surface area contributed by atoms with E-state index in [2.05, 4.69) is 9.88 Å². The molecule has 0 aliphatic carbocycles.